The lowest BCUT2D eigenvalue weighted by Crippen LogP contribution is -2.14. The largest absolute Gasteiger partial charge is 0.381 e. The van der Waals surface area contributed by atoms with Crippen molar-refractivity contribution in [2.24, 2.45) is 0 Å². The number of para-hydroxylation sites is 1. The second kappa shape index (κ2) is 8.30. The summed E-state index contributed by atoms with van der Waals surface area (Å²) < 4.78 is 0. The Morgan fingerprint density at radius 1 is 1.04 bits per heavy atom. The zero-order valence-electron chi connectivity index (χ0n) is 15.1. The Morgan fingerprint density at radius 3 is 2.69 bits per heavy atom. The quantitative estimate of drug-likeness (QED) is 0.673. The van der Waals surface area contributed by atoms with E-state index in [1.54, 1.807) is 6.20 Å². The maximum atomic E-state index is 12.5. The highest BCUT2D eigenvalue weighted by Crippen LogP contribution is 2.17. The first kappa shape index (κ1) is 17.7. The molecular weight excluding hydrogens is 322 g/mol. The molecule has 26 heavy (non-hydrogen) atoms. The predicted octanol–water partition coefficient (Wildman–Crippen LogP) is 4.82. The second-order valence-electron chi connectivity index (χ2n) is 6.19. The van der Waals surface area contributed by atoms with Crippen LogP contribution in [0.4, 0.5) is 11.5 Å². The van der Waals surface area contributed by atoms with Crippen LogP contribution in [0.5, 0.6) is 0 Å². The van der Waals surface area contributed by atoms with Gasteiger partial charge in [0.05, 0.1) is 0 Å². The van der Waals surface area contributed by atoms with Crippen molar-refractivity contribution < 1.29 is 4.79 Å². The summed E-state index contributed by atoms with van der Waals surface area (Å²) in [6, 6.07) is 19.7. The van der Waals surface area contributed by atoms with Crippen LogP contribution in [0.3, 0.4) is 0 Å². The van der Waals surface area contributed by atoms with Gasteiger partial charge in [0, 0.05) is 24.0 Å². The second-order valence-corrected chi connectivity index (χ2v) is 6.19. The Kier molecular flexibility index (Phi) is 5.64. The number of nitrogens with zero attached hydrogens (tertiary/aromatic N) is 1. The van der Waals surface area contributed by atoms with Crippen molar-refractivity contribution in [3.63, 3.8) is 0 Å². The number of pyridine rings is 1. The molecule has 4 heteroatoms. The van der Waals surface area contributed by atoms with Crippen molar-refractivity contribution in [3.8, 4) is 0 Å². The molecule has 2 N–H and O–H groups in total. The number of nitrogens with one attached hydrogen (secondary N) is 2. The average Bonchev–Trinajstić information content (AvgIpc) is 2.68. The van der Waals surface area contributed by atoms with Gasteiger partial charge in [-0.05, 0) is 54.3 Å². The molecule has 3 rings (SSSR count). The fraction of sp³-hybridized carbons (Fsp3) is 0.182. The van der Waals surface area contributed by atoms with Crippen LogP contribution in [0.1, 0.15) is 34.0 Å². The lowest BCUT2D eigenvalue weighted by atomic mass is 10.1. The molecule has 0 spiro atoms. The van der Waals surface area contributed by atoms with E-state index in [9.17, 15) is 4.79 Å². The SMILES string of the molecule is CCc1ccccc1NCc1cccc(C(=O)Nc2ncccc2C)c1. The molecule has 0 aliphatic rings. The lowest BCUT2D eigenvalue weighted by Gasteiger charge is -2.12. The number of amides is 1. The third kappa shape index (κ3) is 4.28. The number of hydrogen-bond donors (Lipinski definition) is 2. The Bertz CT molecular complexity index is 905. The van der Waals surface area contributed by atoms with Crippen LogP contribution in [0, 0.1) is 6.92 Å². The number of rotatable bonds is 6. The van der Waals surface area contributed by atoms with Crippen LogP contribution in [0.25, 0.3) is 0 Å². The molecule has 1 amide bonds. The van der Waals surface area contributed by atoms with Crippen LogP contribution < -0.4 is 10.6 Å². The maximum Gasteiger partial charge on any atom is 0.256 e. The Morgan fingerprint density at radius 2 is 1.88 bits per heavy atom. The normalized spacial score (nSPS) is 10.4. The van der Waals surface area contributed by atoms with Gasteiger partial charge in [-0.25, -0.2) is 4.98 Å². The summed E-state index contributed by atoms with van der Waals surface area (Å²) >= 11 is 0. The van der Waals surface area contributed by atoms with Crippen molar-refractivity contribution in [1.82, 2.24) is 4.98 Å². The minimum atomic E-state index is -0.150. The van der Waals surface area contributed by atoms with Crippen LogP contribution in [-0.2, 0) is 13.0 Å². The smallest absolute Gasteiger partial charge is 0.256 e. The maximum absolute atomic E-state index is 12.5. The van der Waals surface area contributed by atoms with Crippen molar-refractivity contribution >= 4 is 17.4 Å². The van der Waals surface area contributed by atoms with Crippen molar-refractivity contribution in [3.05, 3.63) is 89.1 Å². The van der Waals surface area contributed by atoms with Crippen LogP contribution >= 0.6 is 0 Å². The Labute approximate surface area is 154 Å². The topological polar surface area (TPSA) is 54.0 Å². The van der Waals surface area contributed by atoms with E-state index in [4.69, 9.17) is 0 Å². The summed E-state index contributed by atoms with van der Waals surface area (Å²) in [5.41, 5.74) is 5.04. The summed E-state index contributed by atoms with van der Waals surface area (Å²) in [4.78, 5) is 16.7. The first-order chi connectivity index (χ1) is 12.7. The zero-order chi connectivity index (χ0) is 18.4. The van der Waals surface area contributed by atoms with E-state index in [-0.39, 0.29) is 5.91 Å². The molecule has 3 aromatic rings. The monoisotopic (exact) mass is 345 g/mol. The molecule has 0 saturated carbocycles. The number of aryl methyl sites for hydroxylation is 2. The third-order valence-electron chi connectivity index (χ3n) is 4.31. The van der Waals surface area contributed by atoms with E-state index in [2.05, 4.69) is 40.7 Å². The number of hydrogen-bond acceptors (Lipinski definition) is 3. The molecule has 4 nitrogen and oxygen atoms in total. The molecule has 2 aromatic carbocycles. The first-order valence-corrected chi connectivity index (χ1v) is 8.81. The molecule has 0 aliphatic carbocycles. The third-order valence-corrected chi connectivity index (χ3v) is 4.31. The van der Waals surface area contributed by atoms with Crippen molar-refractivity contribution in [2.45, 2.75) is 26.8 Å². The molecule has 0 atom stereocenters. The van der Waals surface area contributed by atoms with Crippen LogP contribution in [-0.4, -0.2) is 10.9 Å². The van der Waals surface area contributed by atoms with Gasteiger partial charge in [0.15, 0.2) is 0 Å². The fourth-order valence-corrected chi connectivity index (χ4v) is 2.82. The van der Waals surface area contributed by atoms with Gasteiger partial charge < -0.3 is 10.6 Å². The van der Waals surface area contributed by atoms with Crippen LogP contribution in [0.2, 0.25) is 0 Å². The number of anilines is 2. The van der Waals surface area contributed by atoms with Gasteiger partial charge in [0.1, 0.15) is 5.82 Å². The molecule has 0 aliphatic heterocycles. The fourth-order valence-electron chi connectivity index (χ4n) is 2.82. The minimum absolute atomic E-state index is 0.150. The number of aromatic nitrogens is 1. The number of carbonyl (C=O) groups excluding carboxylic acids is 1. The van der Waals surface area contributed by atoms with Gasteiger partial charge in [0.25, 0.3) is 5.91 Å². The summed E-state index contributed by atoms with van der Waals surface area (Å²) in [5, 5.41) is 6.34. The highest BCUT2D eigenvalue weighted by Gasteiger charge is 2.09. The molecule has 132 valence electrons. The zero-order valence-corrected chi connectivity index (χ0v) is 15.1. The van der Waals surface area contributed by atoms with Crippen molar-refractivity contribution in [2.75, 3.05) is 10.6 Å². The molecule has 0 saturated heterocycles. The molecule has 1 heterocycles. The van der Waals surface area contributed by atoms with Gasteiger partial charge in [-0.1, -0.05) is 43.3 Å². The predicted molar refractivity (Wildman–Crippen MR) is 107 cm³/mol. The van der Waals surface area contributed by atoms with Crippen molar-refractivity contribution in [1.29, 1.82) is 0 Å². The van der Waals surface area contributed by atoms with Crippen LogP contribution in [0.15, 0.2) is 66.9 Å². The van der Waals surface area contributed by atoms with Gasteiger partial charge in [-0.3, -0.25) is 4.79 Å². The summed E-state index contributed by atoms with van der Waals surface area (Å²) in [5.74, 6) is 0.445. The summed E-state index contributed by atoms with van der Waals surface area (Å²) in [6.45, 7) is 4.74. The van der Waals surface area contributed by atoms with E-state index in [1.807, 2.05) is 49.4 Å². The Hall–Kier alpha value is -3.14. The molecule has 0 fully saturated rings. The summed E-state index contributed by atoms with van der Waals surface area (Å²) in [6.07, 6.45) is 2.66. The first-order valence-electron chi connectivity index (χ1n) is 8.81. The van der Waals surface area contributed by atoms with Gasteiger partial charge >= 0.3 is 0 Å². The van der Waals surface area contributed by atoms with Gasteiger partial charge in [-0.15, -0.1) is 0 Å². The highest BCUT2D eigenvalue weighted by molar-refractivity contribution is 6.04. The number of carbonyl (C=O) groups is 1. The standard InChI is InChI=1S/C22H23N3O/c1-3-18-10-4-5-12-20(18)24-15-17-9-6-11-19(14-17)22(26)25-21-16(2)8-7-13-23-21/h4-14,24H,3,15H2,1-2H3,(H,23,25,26). The minimum Gasteiger partial charge on any atom is -0.381 e. The van der Waals surface area contributed by atoms with E-state index in [0.717, 1.165) is 23.2 Å². The van der Waals surface area contributed by atoms with Gasteiger partial charge in [0.2, 0.25) is 0 Å². The van der Waals surface area contributed by atoms with E-state index in [0.29, 0.717) is 17.9 Å². The Balaban J connectivity index is 1.70. The van der Waals surface area contributed by atoms with E-state index < -0.39 is 0 Å². The molecule has 0 bridgehead atoms. The summed E-state index contributed by atoms with van der Waals surface area (Å²) in [7, 11) is 0. The molecular formula is C22H23N3O. The van der Waals surface area contributed by atoms with E-state index >= 15 is 0 Å². The van der Waals surface area contributed by atoms with E-state index in [1.165, 1.54) is 5.56 Å². The molecule has 0 unspecified atom stereocenters. The average molecular weight is 345 g/mol. The van der Waals surface area contributed by atoms with Gasteiger partial charge in [-0.2, -0.15) is 0 Å². The highest BCUT2D eigenvalue weighted by atomic mass is 16.1. The molecule has 1 aromatic heterocycles. The number of benzene rings is 2. The lowest BCUT2D eigenvalue weighted by molar-refractivity contribution is 0.102. The molecule has 0 radical (unpaired) electrons.